The maximum Gasteiger partial charge on any atom is 0.411 e. The molecule has 2 rings (SSSR count). The molecule has 2 fully saturated rings. The summed E-state index contributed by atoms with van der Waals surface area (Å²) < 4.78 is 5.33. The SMILES string of the molecule is CC(C)(C)OC(=O)N1C2CCCC2C[C@H]1C(=O)O. The summed E-state index contributed by atoms with van der Waals surface area (Å²) in [7, 11) is 0. The van der Waals surface area contributed by atoms with Crippen molar-refractivity contribution in [2.75, 3.05) is 0 Å². The van der Waals surface area contributed by atoms with Crippen molar-refractivity contribution in [3.8, 4) is 0 Å². The fraction of sp³-hybridized carbons (Fsp3) is 0.846. The van der Waals surface area contributed by atoms with Crippen molar-refractivity contribution in [2.24, 2.45) is 5.92 Å². The van der Waals surface area contributed by atoms with Gasteiger partial charge in [-0.3, -0.25) is 4.90 Å². The molecule has 0 aromatic carbocycles. The Labute approximate surface area is 107 Å². The summed E-state index contributed by atoms with van der Waals surface area (Å²) >= 11 is 0. The highest BCUT2D eigenvalue weighted by molar-refractivity contribution is 5.81. The molecule has 0 bridgehead atoms. The minimum absolute atomic E-state index is 0.0564. The molecular weight excluding hydrogens is 234 g/mol. The van der Waals surface area contributed by atoms with E-state index in [2.05, 4.69) is 0 Å². The van der Waals surface area contributed by atoms with Crippen LogP contribution in [0.4, 0.5) is 4.79 Å². The highest BCUT2D eigenvalue weighted by Gasteiger charge is 2.50. The van der Waals surface area contributed by atoms with Crippen LogP contribution in [0.15, 0.2) is 0 Å². The average Bonchev–Trinajstić information content (AvgIpc) is 2.70. The standard InChI is InChI=1S/C13H21NO4/c1-13(2,3)18-12(17)14-9-6-4-5-8(9)7-10(14)11(15)16/h8-10H,4-7H2,1-3H3,(H,15,16)/t8?,9?,10-/m0/s1. The lowest BCUT2D eigenvalue weighted by Gasteiger charge is -2.30. The van der Waals surface area contributed by atoms with Crippen LogP contribution in [0.25, 0.3) is 0 Å². The molecule has 18 heavy (non-hydrogen) atoms. The molecule has 0 radical (unpaired) electrons. The van der Waals surface area contributed by atoms with Crippen molar-refractivity contribution in [1.29, 1.82) is 0 Å². The first-order valence-corrected chi connectivity index (χ1v) is 6.54. The van der Waals surface area contributed by atoms with Gasteiger partial charge < -0.3 is 9.84 Å². The lowest BCUT2D eigenvalue weighted by Crippen LogP contribution is -2.47. The van der Waals surface area contributed by atoms with Crippen LogP contribution in [0, 0.1) is 5.92 Å². The number of carboxylic acids is 1. The number of nitrogens with zero attached hydrogens (tertiary/aromatic N) is 1. The van der Waals surface area contributed by atoms with Gasteiger partial charge in [0.25, 0.3) is 0 Å². The normalized spacial score (nSPS) is 31.3. The summed E-state index contributed by atoms with van der Waals surface area (Å²) in [5.41, 5.74) is -0.586. The number of fused-ring (bicyclic) bond motifs is 1. The van der Waals surface area contributed by atoms with Crippen LogP contribution in [0.3, 0.4) is 0 Å². The van der Waals surface area contributed by atoms with Gasteiger partial charge >= 0.3 is 12.1 Å². The number of carbonyl (C=O) groups excluding carboxylic acids is 1. The Balaban J connectivity index is 2.16. The van der Waals surface area contributed by atoms with Crippen LogP contribution >= 0.6 is 0 Å². The van der Waals surface area contributed by atoms with E-state index in [1.165, 1.54) is 4.90 Å². The van der Waals surface area contributed by atoms with E-state index in [0.29, 0.717) is 12.3 Å². The van der Waals surface area contributed by atoms with E-state index in [1.54, 1.807) is 20.8 Å². The van der Waals surface area contributed by atoms with E-state index in [1.807, 2.05) is 0 Å². The lowest BCUT2D eigenvalue weighted by molar-refractivity contribution is -0.142. The number of carbonyl (C=O) groups is 2. The van der Waals surface area contributed by atoms with Gasteiger partial charge in [0.2, 0.25) is 0 Å². The molecule has 1 aliphatic carbocycles. The van der Waals surface area contributed by atoms with E-state index in [-0.39, 0.29) is 6.04 Å². The zero-order chi connectivity index (χ0) is 13.5. The van der Waals surface area contributed by atoms with Gasteiger partial charge in [-0.1, -0.05) is 6.42 Å². The Hall–Kier alpha value is -1.26. The minimum atomic E-state index is -0.921. The Morgan fingerprint density at radius 3 is 2.50 bits per heavy atom. The number of hydrogen-bond donors (Lipinski definition) is 1. The van der Waals surface area contributed by atoms with E-state index in [9.17, 15) is 14.7 Å². The Kier molecular flexibility index (Phi) is 3.25. The zero-order valence-corrected chi connectivity index (χ0v) is 11.2. The molecule has 3 atom stereocenters. The molecule has 5 nitrogen and oxygen atoms in total. The molecular formula is C13H21NO4. The molecule has 1 heterocycles. The highest BCUT2D eigenvalue weighted by Crippen LogP contribution is 2.41. The van der Waals surface area contributed by atoms with Crippen molar-refractivity contribution in [2.45, 2.75) is 64.1 Å². The van der Waals surface area contributed by atoms with Crippen molar-refractivity contribution in [1.82, 2.24) is 4.90 Å². The molecule has 0 spiro atoms. The molecule has 0 aromatic heterocycles. The van der Waals surface area contributed by atoms with Crippen LogP contribution < -0.4 is 0 Å². The first-order chi connectivity index (χ1) is 8.29. The molecule has 102 valence electrons. The van der Waals surface area contributed by atoms with Gasteiger partial charge in [0.05, 0.1) is 0 Å². The molecule has 1 N–H and O–H groups in total. The number of rotatable bonds is 1. The molecule has 1 amide bonds. The molecule has 5 heteroatoms. The first kappa shape index (κ1) is 13.2. The second-order valence-corrected chi connectivity index (χ2v) is 6.24. The number of likely N-dealkylation sites (tertiary alicyclic amines) is 1. The molecule has 2 unspecified atom stereocenters. The van der Waals surface area contributed by atoms with E-state index < -0.39 is 23.7 Å². The van der Waals surface area contributed by atoms with E-state index in [4.69, 9.17) is 4.74 Å². The minimum Gasteiger partial charge on any atom is -0.480 e. The zero-order valence-electron chi connectivity index (χ0n) is 11.2. The maximum atomic E-state index is 12.2. The predicted molar refractivity (Wildman–Crippen MR) is 65.2 cm³/mol. The van der Waals surface area contributed by atoms with Gasteiger partial charge in [-0.15, -0.1) is 0 Å². The topological polar surface area (TPSA) is 66.8 Å². The van der Waals surface area contributed by atoms with Crippen LogP contribution in [0.2, 0.25) is 0 Å². The molecule has 0 aromatic rings. The van der Waals surface area contributed by atoms with Gasteiger partial charge in [-0.25, -0.2) is 9.59 Å². The third-order valence-corrected chi connectivity index (χ3v) is 3.73. The summed E-state index contributed by atoms with van der Waals surface area (Å²) in [5, 5.41) is 9.24. The van der Waals surface area contributed by atoms with Crippen molar-refractivity contribution in [3.05, 3.63) is 0 Å². The number of aliphatic carboxylic acids is 1. The number of amides is 1. The van der Waals surface area contributed by atoms with Crippen molar-refractivity contribution >= 4 is 12.1 Å². The summed E-state index contributed by atoms with van der Waals surface area (Å²) in [4.78, 5) is 24.9. The second kappa shape index (κ2) is 4.44. The first-order valence-electron chi connectivity index (χ1n) is 6.54. The van der Waals surface area contributed by atoms with Gasteiger partial charge in [0.1, 0.15) is 11.6 Å². The van der Waals surface area contributed by atoms with Crippen molar-refractivity contribution in [3.63, 3.8) is 0 Å². The van der Waals surface area contributed by atoms with Gasteiger partial charge in [-0.05, 0) is 46.0 Å². The van der Waals surface area contributed by atoms with Gasteiger partial charge in [0, 0.05) is 6.04 Å². The number of carboxylic acid groups (broad SMARTS) is 1. The van der Waals surface area contributed by atoms with Crippen LogP contribution in [-0.4, -0.2) is 39.8 Å². The largest absolute Gasteiger partial charge is 0.480 e. The molecule has 1 saturated heterocycles. The maximum absolute atomic E-state index is 12.2. The Bertz CT molecular complexity index is 360. The predicted octanol–water partition coefficient (Wildman–Crippen LogP) is 2.25. The fourth-order valence-electron chi connectivity index (χ4n) is 3.09. The molecule has 1 aliphatic heterocycles. The smallest absolute Gasteiger partial charge is 0.411 e. The summed E-state index contributed by atoms with van der Waals surface area (Å²) in [5.74, 6) is -0.589. The third kappa shape index (κ3) is 2.44. The fourth-order valence-corrected chi connectivity index (χ4v) is 3.09. The third-order valence-electron chi connectivity index (χ3n) is 3.73. The van der Waals surface area contributed by atoms with Crippen molar-refractivity contribution < 1.29 is 19.4 Å². The number of ether oxygens (including phenoxy) is 1. The average molecular weight is 255 g/mol. The van der Waals surface area contributed by atoms with E-state index in [0.717, 1.165) is 19.3 Å². The summed E-state index contributed by atoms with van der Waals surface area (Å²) in [6, 6.07) is -0.656. The van der Waals surface area contributed by atoms with Gasteiger partial charge in [-0.2, -0.15) is 0 Å². The van der Waals surface area contributed by atoms with Crippen LogP contribution in [0.1, 0.15) is 46.5 Å². The van der Waals surface area contributed by atoms with Crippen LogP contribution in [0.5, 0.6) is 0 Å². The quantitative estimate of drug-likeness (QED) is 0.780. The monoisotopic (exact) mass is 255 g/mol. The highest BCUT2D eigenvalue weighted by atomic mass is 16.6. The Morgan fingerprint density at radius 1 is 1.28 bits per heavy atom. The molecule has 1 saturated carbocycles. The van der Waals surface area contributed by atoms with E-state index >= 15 is 0 Å². The molecule has 2 aliphatic rings. The second-order valence-electron chi connectivity index (χ2n) is 6.24. The summed E-state index contributed by atoms with van der Waals surface area (Å²) in [6.45, 7) is 5.38. The summed E-state index contributed by atoms with van der Waals surface area (Å²) in [6.07, 6.45) is 3.08. The van der Waals surface area contributed by atoms with Crippen LogP contribution in [-0.2, 0) is 9.53 Å². The van der Waals surface area contributed by atoms with Gasteiger partial charge in [0.15, 0.2) is 0 Å². The Morgan fingerprint density at radius 2 is 1.94 bits per heavy atom. The number of hydrogen-bond acceptors (Lipinski definition) is 3. The lowest BCUT2D eigenvalue weighted by atomic mass is 10.0.